The topological polar surface area (TPSA) is 128 Å². The molecule has 8 nitrogen and oxygen atoms in total. The highest BCUT2D eigenvalue weighted by Crippen LogP contribution is 2.36. The number of benzene rings is 2. The number of anilines is 1. The number of carbonyl (C=O) groups excluding carboxylic acids is 4. The highest BCUT2D eigenvalue weighted by Gasteiger charge is 2.45. The Bertz CT molecular complexity index is 1030. The second kappa shape index (κ2) is 10.1. The minimum absolute atomic E-state index is 0.0106. The molecular formula is C24H29N3O5. The van der Waals surface area contributed by atoms with Crippen LogP contribution in [0.4, 0.5) is 10.5 Å². The number of hydrogen-bond donors (Lipinski definition) is 3. The van der Waals surface area contributed by atoms with Gasteiger partial charge in [-0.3, -0.25) is 14.4 Å². The molecule has 0 aliphatic heterocycles. The van der Waals surface area contributed by atoms with Gasteiger partial charge in [0.25, 0.3) is 0 Å². The van der Waals surface area contributed by atoms with Crippen molar-refractivity contribution in [2.45, 2.75) is 46.1 Å². The van der Waals surface area contributed by atoms with Gasteiger partial charge in [0.15, 0.2) is 11.8 Å². The molecule has 0 aliphatic carbocycles. The van der Waals surface area contributed by atoms with Crippen molar-refractivity contribution in [1.29, 1.82) is 0 Å². The monoisotopic (exact) mass is 439 g/mol. The number of hydrogen-bond acceptors (Lipinski definition) is 6. The summed E-state index contributed by atoms with van der Waals surface area (Å²) >= 11 is 0. The van der Waals surface area contributed by atoms with Gasteiger partial charge in [0.2, 0.25) is 11.7 Å². The highest BCUT2D eigenvalue weighted by molar-refractivity contribution is 6.18. The summed E-state index contributed by atoms with van der Waals surface area (Å²) in [7, 11) is 0. The minimum Gasteiger partial charge on any atom is -0.410 e. The van der Waals surface area contributed by atoms with E-state index in [2.05, 4.69) is 10.6 Å². The van der Waals surface area contributed by atoms with Crippen LogP contribution < -0.4 is 21.1 Å². The third-order valence-electron chi connectivity index (χ3n) is 5.06. The number of aryl methyl sites for hydroxylation is 1. The van der Waals surface area contributed by atoms with Crippen molar-refractivity contribution in [2.75, 3.05) is 12.3 Å². The van der Waals surface area contributed by atoms with Gasteiger partial charge in [-0.1, -0.05) is 38.1 Å². The SMILES string of the molecule is CCNC(=O)Oc1cc(C(C)C)ccc1C(C=O)(NC(C)=O)C(=O)c1c(C)cccc1N. The van der Waals surface area contributed by atoms with Crippen molar-refractivity contribution in [3.8, 4) is 5.75 Å². The maximum atomic E-state index is 13.8. The lowest BCUT2D eigenvalue weighted by Gasteiger charge is -2.30. The fraction of sp³-hybridized carbons (Fsp3) is 0.333. The lowest BCUT2D eigenvalue weighted by atomic mass is 9.80. The Morgan fingerprint density at radius 1 is 1.19 bits per heavy atom. The number of amides is 2. The van der Waals surface area contributed by atoms with Crippen LogP contribution >= 0.6 is 0 Å². The standard InChI is InChI=1S/C24H29N3O5/c1-6-26-23(31)32-20-12-17(14(2)3)10-11-18(20)24(13-28,27-16(5)29)22(30)21-15(4)8-7-9-19(21)25/h7-14H,6,25H2,1-5H3,(H,26,31)(H,27,29). The van der Waals surface area contributed by atoms with Crippen LogP contribution in [0.3, 0.4) is 0 Å². The number of rotatable bonds is 8. The van der Waals surface area contributed by atoms with Crippen LogP contribution in [-0.4, -0.2) is 30.6 Å². The van der Waals surface area contributed by atoms with E-state index in [1.165, 1.54) is 19.1 Å². The third-order valence-corrected chi connectivity index (χ3v) is 5.06. The van der Waals surface area contributed by atoms with Gasteiger partial charge in [-0.15, -0.1) is 0 Å². The van der Waals surface area contributed by atoms with Crippen LogP contribution in [0.25, 0.3) is 0 Å². The van der Waals surface area contributed by atoms with Gasteiger partial charge in [-0.05, 0) is 43.0 Å². The van der Waals surface area contributed by atoms with Crippen molar-refractivity contribution in [3.63, 3.8) is 0 Å². The molecule has 170 valence electrons. The minimum atomic E-state index is -2.15. The molecule has 2 amide bonds. The average molecular weight is 440 g/mol. The molecule has 0 spiro atoms. The summed E-state index contributed by atoms with van der Waals surface area (Å²) in [6.07, 6.45) is -0.405. The Morgan fingerprint density at radius 2 is 1.88 bits per heavy atom. The number of ketones is 1. The highest BCUT2D eigenvalue weighted by atomic mass is 16.6. The van der Waals surface area contributed by atoms with Gasteiger partial charge in [-0.25, -0.2) is 4.79 Å². The second-order valence-electron chi connectivity index (χ2n) is 7.81. The van der Waals surface area contributed by atoms with E-state index in [4.69, 9.17) is 10.5 Å². The molecule has 8 heteroatoms. The largest absolute Gasteiger partial charge is 0.412 e. The first-order chi connectivity index (χ1) is 15.1. The molecule has 2 aromatic rings. The summed E-state index contributed by atoms with van der Waals surface area (Å²) in [5, 5.41) is 5.00. The number of nitrogens with one attached hydrogen (secondary N) is 2. The number of nitrogen functional groups attached to an aromatic ring is 1. The Balaban J connectivity index is 2.82. The zero-order valence-corrected chi connectivity index (χ0v) is 18.9. The molecule has 0 heterocycles. The Morgan fingerprint density at radius 3 is 2.41 bits per heavy atom. The molecule has 4 N–H and O–H groups in total. The van der Waals surface area contributed by atoms with Crippen molar-refractivity contribution in [2.24, 2.45) is 0 Å². The van der Waals surface area contributed by atoms with Crippen LogP contribution in [-0.2, 0) is 15.1 Å². The lowest BCUT2D eigenvalue weighted by molar-refractivity contribution is -0.124. The quantitative estimate of drug-likeness (QED) is 0.251. The molecule has 1 atom stereocenters. The smallest absolute Gasteiger partial charge is 0.410 e. The van der Waals surface area contributed by atoms with Crippen molar-refractivity contribution < 1.29 is 23.9 Å². The Kier molecular flexibility index (Phi) is 7.75. The lowest BCUT2D eigenvalue weighted by Crippen LogP contribution is -2.53. The maximum absolute atomic E-state index is 13.8. The van der Waals surface area contributed by atoms with E-state index in [9.17, 15) is 19.2 Å². The normalized spacial score (nSPS) is 12.6. The van der Waals surface area contributed by atoms with Gasteiger partial charge in [-0.2, -0.15) is 0 Å². The summed E-state index contributed by atoms with van der Waals surface area (Å²) in [6.45, 7) is 8.82. The Hall–Kier alpha value is -3.68. The molecule has 0 saturated carbocycles. The van der Waals surface area contributed by atoms with E-state index in [1.807, 2.05) is 13.8 Å². The molecule has 1 unspecified atom stereocenters. The molecule has 0 radical (unpaired) electrons. The first-order valence-corrected chi connectivity index (χ1v) is 10.3. The van der Waals surface area contributed by atoms with Crippen LogP contribution in [0.5, 0.6) is 5.75 Å². The molecule has 2 rings (SSSR count). The summed E-state index contributed by atoms with van der Waals surface area (Å²) in [4.78, 5) is 50.7. The third kappa shape index (κ3) is 4.96. The molecule has 0 aromatic heterocycles. The summed E-state index contributed by atoms with van der Waals surface area (Å²) in [5.41, 5.74) is 5.57. The van der Waals surface area contributed by atoms with Gasteiger partial charge in [0.1, 0.15) is 5.75 Å². The van der Waals surface area contributed by atoms with E-state index in [0.29, 0.717) is 18.4 Å². The molecule has 0 aliphatic rings. The molecule has 0 bridgehead atoms. The second-order valence-corrected chi connectivity index (χ2v) is 7.81. The summed E-state index contributed by atoms with van der Waals surface area (Å²) in [6, 6.07) is 9.73. The number of aldehydes is 1. The van der Waals surface area contributed by atoms with Gasteiger partial charge < -0.3 is 21.1 Å². The van der Waals surface area contributed by atoms with Crippen LogP contribution in [0.15, 0.2) is 36.4 Å². The Labute approximate surface area is 187 Å². The van der Waals surface area contributed by atoms with Crippen molar-refractivity contribution in [3.05, 3.63) is 58.7 Å². The first-order valence-electron chi connectivity index (χ1n) is 10.3. The number of carbonyl (C=O) groups is 4. The average Bonchev–Trinajstić information content (AvgIpc) is 2.71. The van der Waals surface area contributed by atoms with Crippen LogP contribution in [0.1, 0.15) is 60.7 Å². The molecule has 0 fully saturated rings. The maximum Gasteiger partial charge on any atom is 0.412 e. The fourth-order valence-corrected chi connectivity index (χ4v) is 3.46. The number of Topliss-reactive ketones (excluding diaryl/α,β-unsaturated/α-hetero) is 1. The summed E-state index contributed by atoms with van der Waals surface area (Å²) in [5.74, 6) is -1.27. The van der Waals surface area contributed by atoms with Crippen molar-refractivity contribution >= 4 is 29.8 Å². The molecule has 32 heavy (non-hydrogen) atoms. The fourth-order valence-electron chi connectivity index (χ4n) is 3.46. The van der Waals surface area contributed by atoms with Crippen molar-refractivity contribution in [1.82, 2.24) is 10.6 Å². The van der Waals surface area contributed by atoms with E-state index < -0.39 is 23.3 Å². The number of nitrogens with two attached hydrogens (primary N) is 1. The van der Waals surface area contributed by atoms with Gasteiger partial charge >= 0.3 is 6.09 Å². The van der Waals surface area contributed by atoms with E-state index in [1.54, 1.807) is 38.1 Å². The summed E-state index contributed by atoms with van der Waals surface area (Å²) < 4.78 is 5.47. The van der Waals surface area contributed by atoms with Gasteiger partial charge in [0, 0.05) is 30.3 Å². The zero-order chi connectivity index (χ0) is 24.1. The molecule has 0 saturated heterocycles. The predicted octanol–water partition coefficient (Wildman–Crippen LogP) is 3.22. The number of ether oxygens (including phenoxy) is 1. The first kappa shape index (κ1) is 24.6. The predicted molar refractivity (Wildman–Crippen MR) is 122 cm³/mol. The van der Waals surface area contributed by atoms with E-state index in [-0.39, 0.29) is 28.5 Å². The van der Waals surface area contributed by atoms with E-state index in [0.717, 1.165) is 5.56 Å². The molecular weight excluding hydrogens is 410 g/mol. The van der Waals surface area contributed by atoms with E-state index >= 15 is 0 Å². The molecule has 2 aromatic carbocycles. The zero-order valence-electron chi connectivity index (χ0n) is 18.9. The van der Waals surface area contributed by atoms with Gasteiger partial charge in [0.05, 0.1) is 0 Å². The van der Waals surface area contributed by atoms with Crippen LogP contribution in [0.2, 0.25) is 0 Å². The van der Waals surface area contributed by atoms with Crippen LogP contribution in [0, 0.1) is 6.92 Å².